The van der Waals surface area contributed by atoms with Crippen LogP contribution in [0.3, 0.4) is 0 Å². The maximum Gasteiger partial charge on any atom is 0.335 e. The van der Waals surface area contributed by atoms with Gasteiger partial charge in [0.1, 0.15) is 5.75 Å². The summed E-state index contributed by atoms with van der Waals surface area (Å²) in [6, 6.07) is 14.8. The van der Waals surface area contributed by atoms with Gasteiger partial charge in [0.05, 0.1) is 39.0 Å². The molecule has 2 N–H and O–H groups in total. The minimum Gasteiger partial charge on any atom is -0.497 e. The van der Waals surface area contributed by atoms with E-state index in [0.717, 1.165) is 11.1 Å². The minimum atomic E-state index is -1.18. The molecule has 5 nitrogen and oxygen atoms in total. The van der Waals surface area contributed by atoms with E-state index < -0.39 is 11.9 Å². The summed E-state index contributed by atoms with van der Waals surface area (Å²) < 4.78 is 5.23. The lowest BCUT2D eigenvalue weighted by Gasteiger charge is -2.12. The van der Waals surface area contributed by atoms with Crippen LogP contribution in [0.2, 0.25) is 15.1 Å². The molecule has 0 bridgehead atoms. The molecule has 3 aromatic rings. The van der Waals surface area contributed by atoms with Gasteiger partial charge in [-0.25, -0.2) is 4.79 Å². The number of anilines is 1. The van der Waals surface area contributed by atoms with Crippen molar-refractivity contribution < 1.29 is 19.4 Å². The van der Waals surface area contributed by atoms with Crippen molar-refractivity contribution in [2.45, 2.75) is 0 Å². The maximum absolute atomic E-state index is 12.8. The normalized spacial score (nSPS) is 10.5. The molecule has 0 aliphatic rings. The maximum atomic E-state index is 12.8. The topological polar surface area (TPSA) is 75.6 Å². The van der Waals surface area contributed by atoms with Crippen LogP contribution >= 0.6 is 34.8 Å². The van der Waals surface area contributed by atoms with Gasteiger partial charge in [0, 0.05) is 0 Å². The molecule has 0 atom stereocenters. The van der Waals surface area contributed by atoms with Crippen molar-refractivity contribution >= 4 is 52.4 Å². The molecule has 0 saturated carbocycles. The smallest absolute Gasteiger partial charge is 0.335 e. The highest BCUT2D eigenvalue weighted by atomic mass is 35.5. The Labute approximate surface area is 181 Å². The molecule has 3 rings (SSSR count). The van der Waals surface area contributed by atoms with E-state index in [1.54, 1.807) is 25.3 Å². The molecule has 0 aromatic heterocycles. The molecule has 0 spiro atoms. The van der Waals surface area contributed by atoms with E-state index >= 15 is 0 Å². The van der Waals surface area contributed by atoms with Crippen LogP contribution in [0.25, 0.3) is 11.1 Å². The summed E-state index contributed by atoms with van der Waals surface area (Å²) in [4.78, 5) is 23.9. The molecular formula is C21H14Cl3NO4. The van der Waals surface area contributed by atoms with E-state index in [9.17, 15) is 9.59 Å². The first kappa shape index (κ1) is 21.0. The molecule has 0 heterocycles. The highest BCUT2D eigenvalue weighted by Crippen LogP contribution is 2.33. The SMILES string of the molecule is COc1cccc(-c2ccc(Cl)c(C(=O)Nc3c(Cl)cc(C(=O)O)cc3Cl)c2)c1. The predicted octanol–water partition coefficient (Wildman–Crippen LogP) is 6.27. The van der Waals surface area contributed by atoms with Gasteiger partial charge >= 0.3 is 5.97 Å². The van der Waals surface area contributed by atoms with Gasteiger partial charge in [-0.15, -0.1) is 0 Å². The Balaban J connectivity index is 1.95. The van der Waals surface area contributed by atoms with Crippen LogP contribution in [0.4, 0.5) is 5.69 Å². The van der Waals surface area contributed by atoms with Crippen LogP contribution < -0.4 is 10.1 Å². The highest BCUT2D eigenvalue weighted by Gasteiger charge is 2.18. The molecule has 0 saturated heterocycles. The van der Waals surface area contributed by atoms with Gasteiger partial charge in [-0.2, -0.15) is 0 Å². The average Bonchev–Trinajstić information content (AvgIpc) is 2.70. The summed E-state index contributed by atoms with van der Waals surface area (Å²) in [5.74, 6) is -1.03. The molecule has 148 valence electrons. The lowest BCUT2D eigenvalue weighted by molar-refractivity contribution is 0.0696. The fourth-order valence-electron chi connectivity index (χ4n) is 2.68. The van der Waals surface area contributed by atoms with E-state index in [2.05, 4.69) is 5.32 Å². The second kappa shape index (κ2) is 8.74. The number of hydrogen-bond acceptors (Lipinski definition) is 3. The molecule has 0 aliphatic heterocycles. The molecule has 0 unspecified atom stereocenters. The van der Waals surface area contributed by atoms with E-state index in [0.29, 0.717) is 5.75 Å². The Morgan fingerprint density at radius 2 is 1.55 bits per heavy atom. The van der Waals surface area contributed by atoms with Gasteiger partial charge in [-0.3, -0.25) is 4.79 Å². The Morgan fingerprint density at radius 3 is 2.17 bits per heavy atom. The first-order valence-electron chi connectivity index (χ1n) is 8.28. The summed E-state index contributed by atoms with van der Waals surface area (Å²) in [6.07, 6.45) is 0. The standard InChI is InChI=1S/C21H14Cl3NO4/c1-29-14-4-2-3-11(7-14)12-5-6-16(22)15(8-12)20(26)25-19-17(23)9-13(21(27)28)10-18(19)24/h2-10H,1H3,(H,25,26)(H,27,28). The zero-order valence-electron chi connectivity index (χ0n) is 15.0. The third-order valence-electron chi connectivity index (χ3n) is 4.14. The number of ether oxygens (including phenoxy) is 1. The van der Waals surface area contributed by atoms with Crippen LogP contribution in [0.15, 0.2) is 54.6 Å². The number of hydrogen-bond donors (Lipinski definition) is 2. The Morgan fingerprint density at radius 1 is 0.897 bits per heavy atom. The van der Waals surface area contributed by atoms with Crippen molar-refractivity contribution in [2.24, 2.45) is 0 Å². The second-order valence-electron chi connectivity index (χ2n) is 6.00. The Bertz CT molecular complexity index is 1090. The van der Waals surface area contributed by atoms with Crippen LogP contribution in [-0.2, 0) is 0 Å². The number of carboxylic acids is 1. The van der Waals surface area contributed by atoms with E-state index in [1.807, 2.05) is 24.3 Å². The summed E-state index contributed by atoms with van der Waals surface area (Å²) >= 11 is 18.4. The zero-order chi connectivity index (χ0) is 21.1. The van der Waals surface area contributed by atoms with Crippen molar-refractivity contribution in [3.05, 3.63) is 80.8 Å². The van der Waals surface area contributed by atoms with Gasteiger partial charge in [0.15, 0.2) is 0 Å². The van der Waals surface area contributed by atoms with Crippen molar-refractivity contribution in [2.75, 3.05) is 12.4 Å². The van der Waals surface area contributed by atoms with E-state index in [-0.39, 0.29) is 31.9 Å². The third kappa shape index (κ3) is 4.65. The van der Waals surface area contributed by atoms with Crippen LogP contribution in [-0.4, -0.2) is 24.1 Å². The van der Waals surface area contributed by atoms with Gasteiger partial charge < -0.3 is 15.2 Å². The number of amides is 1. The molecule has 29 heavy (non-hydrogen) atoms. The van der Waals surface area contributed by atoms with Crippen LogP contribution in [0.5, 0.6) is 5.75 Å². The molecule has 1 amide bonds. The quantitative estimate of drug-likeness (QED) is 0.480. The van der Waals surface area contributed by atoms with Gasteiger partial charge in [0.2, 0.25) is 0 Å². The zero-order valence-corrected chi connectivity index (χ0v) is 17.3. The van der Waals surface area contributed by atoms with E-state index in [1.165, 1.54) is 12.1 Å². The number of carbonyl (C=O) groups is 2. The summed E-state index contributed by atoms with van der Waals surface area (Å²) in [7, 11) is 1.57. The Hall–Kier alpha value is -2.73. The van der Waals surface area contributed by atoms with Gasteiger partial charge in [-0.1, -0.05) is 53.0 Å². The van der Waals surface area contributed by atoms with E-state index in [4.69, 9.17) is 44.6 Å². The van der Waals surface area contributed by atoms with Crippen molar-refractivity contribution in [1.82, 2.24) is 0 Å². The summed E-state index contributed by atoms with van der Waals surface area (Å²) in [5, 5.41) is 11.9. The second-order valence-corrected chi connectivity index (χ2v) is 7.22. The summed E-state index contributed by atoms with van der Waals surface area (Å²) in [5.41, 5.74) is 1.83. The molecule has 3 aromatic carbocycles. The number of methoxy groups -OCH3 is 1. The van der Waals surface area contributed by atoms with Crippen molar-refractivity contribution in [3.8, 4) is 16.9 Å². The lowest BCUT2D eigenvalue weighted by atomic mass is 10.0. The lowest BCUT2D eigenvalue weighted by Crippen LogP contribution is -2.14. The molecule has 0 radical (unpaired) electrons. The minimum absolute atomic E-state index is 0.00308. The average molecular weight is 451 g/mol. The molecule has 0 aliphatic carbocycles. The first-order chi connectivity index (χ1) is 13.8. The first-order valence-corrected chi connectivity index (χ1v) is 9.41. The number of rotatable bonds is 5. The van der Waals surface area contributed by atoms with Crippen LogP contribution in [0.1, 0.15) is 20.7 Å². The summed E-state index contributed by atoms with van der Waals surface area (Å²) in [6.45, 7) is 0. The largest absolute Gasteiger partial charge is 0.497 e. The van der Waals surface area contributed by atoms with Crippen LogP contribution in [0, 0.1) is 0 Å². The number of halogens is 3. The number of carboxylic acid groups (broad SMARTS) is 1. The number of aromatic carboxylic acids is 1. The predicted molar refractivity (Wildman–Crippen MR) is 115 cm³/mol. The van der Waals surface area contributed by atoms with Gasteiger partial charge in [-0.05, 0) is 47.5 Å². The molecule has 8 heteroatoms. The number of nitrogens with one attached hydrogen (secondary N) is 1. The fraction of sp³-hybridized carbons (Fsp3) is 0.0476. The fourth-order valence-corrected chi connectivity index (χ4v) is 3.46. The highest BCUT2D eigenvalue weighted by molar-refractivity contribution is 6.41. The van der Waals surface area contributed by atoms with Crippen molar-refractivity contribution in [3.63, 3.8) is 0 Å². The Kier molecular flexibility index (Phi) is 6.33. The van der Waals surface area contributed by atoms with Gasteiger partial charge in [0.25, 0.3) is 5.91 Å². The third-order valence-corrected chi connectivity index (χ3v) is 5.07. The number of benzene rings is 3. The molecular weight excluding hydrogens is 437 g/mol. The monoisotopic (exact) mass is 449 g/mol. The molecule has 0 fully saturated rings. The van der Waals surface area contributed by atoms with Crippen molar-refractivity contribution in [1.29, 1.82) is 0 Å². The number of carbonyl (C=O) groups excluding carboxylic acids is 1.